The number of hydrogen-bond donors (Lipinski definition) is 1. The van der Waals surface area contributed by atoms with Crippen molar-refractivity contribution in [3.8, 4) is 5.75 Å². The van der Waals surface area contributed by atoms with Crippen LogP contribution in [0.5, 0.6) is 5.75 Å². The van der Waals surface area contributed by atoms with Crippen LogP contribution in [-0.4, -0.2) is 26.4 Å². The van der Waals surface area contributed by atoms with E-state index >= 15 is 0 Å². The molecule has 0 fully saturated rings. The summed E-state index contributed by atoms with van der Waals surface area (Å²) in [6.07, 6.45) is 0. The SMILES string of the molecule is CCOCCNc1ccccc1OC(F)F. The van der Waals surface area contributed by atoms with Crippen molar-refractivity contribution < 1.29 is 18.3 Å². The Morgan fingerprint density at radius 1 is 1.31 bits per heavy atom. The van der Waals surface area contributed by atoms with Crippen LogP contribution in [0.25, 0.3) is 0 Å². The third-order valence-corrected chi connectivity index (χ3v) is 1.87. The van der Waals surface area contributed by atoms with E-state index in [1.54, 1.807) is 18.2 Å². The summed E-state index contributed by atoms with van der Waals surface area (Å²) in [4.78, 5) is 0. The smallest absolute Gasteiger partial charge is 0.387 e. The fourth-order valence-electron chi connectivity index (χ4n) is 1.21. The first-order chi connectivity index (χ1) is 7.74. The van der Waals surface area contributed by atoms with Gasteiger partial charge in [0.2, 0.25) is 0 Å². The summed E-state index contributed by atoms with van der Waals surface area (Å²) >= 11 is 0. The minimum atomic E-state index is -2.81. The molecule has 0 saturated carbocycles. The van der Waals surface area contributed by atoms with E-state index in [0.29, 0.717) is 25.4 Å². The summed E-state index contributed by atoms with van der Waals surface area (Å²) < 4.78 is 33.6. The molecule has 1 aromatic rings. The van der Waals surface area contributed by atoms with Gasteiger partial charge in [-0.05, 0) is 19.1 Å². The molecule has 16 heavy (non-hydrogen) atoms. The molecule has 0 aliphatic rings. The lowest BCUT2D eigenvalue weighted by atomic mass is 10.3. The van der Waals surface area contributed by atoms with Crippen molar-refractivity contribution in [2.45, 2.75) is 13.5 Å². The molecule has 0 amide bonds. The maximum absolute atomic E-state index is 12.1. The topological polar surface area (TPSA) is 30.5 Å². The van der Waals surface area contributed by atoms with Crippen molar-refractivity contribution in [1.82, 2.24) is 0 Å². The van der Waals surface area contributed by atoms with Gasteiger partial charge in [-0.15, -0.1) is 0 Å². The molecule has 1 aromatic carbocycles. The highest BCUT2D eigenvalue weighted by atomic mass is 19.3. The monoisotopic (exact) mass is 231 g/mol. The van der Waals surface area contributed by atoms with E-state index in [0.717, 1.165) is 0 Å². The summed E-state index contributed by atoms with van der Waals surface area (Å²) in [6.45, 7) is 0.802. The number of alkyl halides is 2. The van der Waals surface area contributed by atoms with Crippen molar-refractivity contribution in [1.29, 1.82) is 0 Å². The third kappa shape index (κ3) is 4.44. The molecule has 3 nitrogen and oxygen atoms in total. The minimum absolute atomic E-state index is 0.147. The Kier molecular flexibility index (Phi) is 5.56. The third-order valence-electron chi connectivity index (χ3n) is 1.87. The van der Waals surface area contributed by atoms with E-state index in [1.165, 1.54) is 6.07 Å². The second kappa shape index (κ2) is 7.00. The summed E-state index contributed by atoms with van der Waals surface area (Å²) in [5.74, 6) is 0.147. The van der Waals surface area contributed by atoms with Gasteiger partial charge >= 0.3 is 6.61 Å². The zero-order chi connectivity index (χ0) is 11.8. The molecule has 5 heteroatoms. The van der Waals surface area contributed by atoms with Crippen LogP contribution in [0, 0.1) is 0 Å². The van der Waals surface area contributed by atoms with Crippen LogP contribution in [0.3, 0.4) is 0 Å². The molecule has 0 saturated heterocycles. The number of nitrogens with one attached hydrogen (secondary N) is 1. The molecule has 1 rings (SSSR count). The van der Waals surface area contributed by atoms with E-state index in [-0.39, 0.29) is 5.75 Å². The maximum atomic E-state index is 12.1. The molecular weight excluding hydrogens is 216 g/mol. The van der Waals surface area contributed by atoms with Crippen LogP contribution >= 0.6 is 0 Å². The van der Waals surface area contributed by atoms with Gasteiger partial charge in [0.05, 0.1) is 12.3 Å². The number of ether oxygens (including phenoxy) is 2. The van der Waals surface area contributed by atoms with Gasteiger partial charge in [-0.25, -0.2) is 0 Å². The average Bonchev–Trinajstić information content (AvgIpc) is 2.26. The number of rotatable bonds is 7. The van der Waals surface area contributed by atoms with Crippen LogP contribution < -0.4 is 10.1 Å². The van der Waals surface area contributed by atoms with Crippen molar-refractivity contribution in [3.05, 3.63) is 24.3 Å². The second-order valence-electron chi connectivity index (χ2n) is 3.00. The molecule has 0 heterocycles. The van der Waals surface area contributed by atoms with Crippen LogP contribution in [0.2, 0.25) is 0 Å². The van der Waals surface area contributed by atoms with Crippen LogP contribution in [0.1, 0.15) is 6.92 Å². The van der Waals surface area contributed by atoms with Gasteiger partial charge < -0.3 is 14.8 Å². The lowest BCUT2D eigenvalue weighted by Crippen LogP contribution is -2.11. The maximum Gasteiger partial charge on any atom is 0.387 e. The highest BCUT2D eigenvalue weighted by Crippen LogP contribution is 2.24. The Hall–Kier alpha value is -1.36. The average molecular weight is 231 g/mol. The number of halogens is 2. The predicted molar refractivity (Wildman–Crippen MR) is 58.1 cm³/mol. The molecule has 0 atom stereocenters. The molecule has 0 unspecified atom stereocenters. The van der Waals surface area contributed by atoms with Gasteiger partial charge in [0.15, 0.2) is 0 Å². The number of anilines is 1. The summed E-state index contributed by atoms with van der Waals surface area (Å²) in [6, 6.07) is 6.58. The van der Waals surface area contributed by atoms with E-state index < -0.39 is 6.61 Å². The first kappa shape index (κ1) is 12.7. The van der Waals surface area contributed by atoms with Gasteiger partial charge in [-0.3, -0.25) is 0 Å². The molecule has 0 aromatic heterocycles. The molecule has 0 bridgehead atoms. The van der Waals surface area contributed by atoms with E-state index in [2.05, 4.69) is 10.1 Å². The molecular formula is C11H15F2NO2. The Morgan fingerprint density at radius 2 is 2.06 bits per heavy atom. The first-order valence-corrected chi connectivity index (χ1v) is 5.09. The second-order valence-corrected chi connectivity index (χ2v) is 3.00. The summed E-state index contributed by atoms with van der Waals surface area (Å²) in [7, 11) is 0. The number of hydrogen-bond acceptors (Lipinski definition) is 3. The zero-order valence-electron chi connectivity index (χ0n) is 9.08. The molecule has 0 aliphatic heterocycles. The summed E-state index contributed by atoms with van der Waals surface area (Å²) in [5.41, 5.74) is 0.544. The fraction of sp³-hybridized carbons (Fsp3) is 0.455. The zero-order valence-corrected chi connectivity index (χ0v) is 9.08. The number of benzene rings is 1. The predicted octanol–water partition coefficient (Wildman–Crippen LogP) is 2.74. The molecule has 0 spiro atoms. The molecule has 0 radical (unpaired) electrons. The van der Waals surface area contributed by atoms with Gasteiger partial charge in [0, 0.05) is 13.2 Å². The minimum Gasteiger partial charge on any atom is -0.433 e. The van der Waals surface area contributed by atoms with Crippen LogP contribution in [0.15, 0.2) is 24.3 Å². The molecule has 0 aliphatic carbocycles. The summed E-state index contributed by atoms with van der Waals surface area (Å²) in [5, 5.41) is 2.97. The highest BCUT2D eigenvalue weighted by Gasteiger charge is 2.08. The van der Waals surface area contributed by atoms with Gasteiger partial charge in [-0.1, -0.05) is 12.1 Å². The van der Waals surface area contributed by atoms with Crippen molar-refractivity contribution in [2.24, 2.45) is 0 Å². The van der Waals surface area contributed by atoms with E-state index in [4.69, 9.17) is 4.74 Å². The van der Waals surface area contributed by atoms with Gasteiger partial charge in [-0.2, -0.15) is 8.78 Å². The highest BCUT2D eigenvalue weighted by molar-refractivity contribution is 5.56. The van der Waals surface area contributed by atoms with Crippen LogP contribution in [-0.2, 0) is 4.74 Å². The molecule has 1 N–H and O–H groups in total. The van der Waals surface area contributed by atoms with Crippen molar-refractivity contribution >= 4 is 5.69 Å². The van der Waals surface area contributed by atoms with Gasteiger partial charge in [0.25, 0.3) is 0 Å². The van der Waals surface area contributed by atoms with E-state index in [1.807, 2.05) is 6.92 Å². The standard InChI is InChI=1S/C11H15F2NO2/c1-2-15-8-7-14-9-5-3-4-6-10(9)16-11(12)13/h3-6,11,14H,2,7-8H2,1H3. The quantitative estimate of drug-likeness (QED) is 0.732. The van der Waals surface area contributed by atoms with Crippen molar-refractivity contribution in [2.75, 3.05) is 25.1 Å². The van der Waals surface area contributed by atoms with Gasteiger partial charge in [0.1, 0.15) is 5.75 Å². The first-order valence-electron chi connectivity index (χ1n) is 5.09. The number of para-hydroxylation sites is 2. The largest absolute Gasteiger partial charge is 0.433 e. The Morgan fingerprint density at radius 3 is 2.75 bits per heavy atom. The van der Waals surface area contributed by atoms with Crippen LogP contribution in [0.4, 0.5) is 14.5 Å². The van der Waals surface area contributed by atoms with E-state index in [9.17, 15) is 8.78 Å². The lowest BCUT2D eigenvalue weighted by Gasteiger charge is -2.12. The lowest BCUT2D eigenvalue weighted by molar-refractivity contribution is -0.0493. The Labute approximate surface area is 93.4 Å². The van der Waals surface area contributed by atoms with Crippen molar-refractivity contribution in [3.63, 3.8) is 0 Å². The Bertz CT molecular complexity index is 308. The fourth-order valence-corrected chi connectivity index (χ4v) is 1.21. The molecule has 90 valence electrons. The normalized spacial score (nSPS) is 10.5. The Balaban J connectivity index is 2.50.